The van der Waals surface area contributed by atoms with Crippen molar-refractivity contribution in [2.45, 2.75) is 18.2 Å². The molecule has 1 aliphatic carbocycles. The Labute approximate surface area is 263 Å². The van der Waals surface area contributed by atoms with Crippen LogP contribution in [0.2, 0.25) is 0 Å². The van der Waals surface area contributed by atoms with Crippen LogP contribution in [0.4, 0.5) is 5.69 Å². The zero-order chi connectivity index (χ0) is 29.7. The number of nitrogens with one attached hydrogen (secondary N) is 1. The van der Waals surface area contributed by atoms with E-state index >= 15 is 0 Å². The number of benzene rings is 7. The van der Waals surface area contributed by atoms with Gasteiger partial charge in [-0.25, -0.2) is 0 Å². The van der Waals surface area contributed by atoms with Crippen molar-refractivity contribution in [1.29, 1.82) is 0 Å². The molecule has 7 aromatic carbocycles. The van der Waals surface area contributed by atoms with Gasteiger partial charge in [-0.15, -0.1) is 0 Å². The van der Waals surface area contributed by atoms with Crippen LogP contribution in [-0.2, 0) is 0 Å². The molecule has 45 heavy (non-hydrogen) atoms. The zero-order valence-electron chi connectivity index (χ0n) is 24.8. The predicted octanol–water partition coefficient (Wildman–Crippen LogP) is 10.5. The van der Waals surface area contributed by atoms with Gasteiger partial charge in [-0.3, -0.25) is 5.32 Å². The predicted molar refractivity (Wildman–Crippen MR) is 190 cm³/mol. The van der Waals surface area contributed by atoms with Gasteiger partial charge in [0, 0.05) is 5.69 Å². The van der Waals surface area contributed by atoms with Gasteiger partial charge in [0.25, 0.3) is 0 Å². The molecule has 2 nitrogen and oxygen atoms in total. The smallest absolute Gasteiger partial charge is 0.107 e. The summed E-state index contributed by atoms with van der Waals surface area (Å²) in [4.78, 5) is 2.53. The van der Waals surface area contributed by atoms with E-state index in [0.29, 0.717) is 0 Å². The lowest BCUT2D eigenvalue weighted by Crippen LogP contribution is -2.34. The molecule has 1 aliphatic heterocycles. The second-order valence-corrected chi connectivity index (χ2v) is 12.1. The highest BCUT2D eigenvalue weighted by Gasteiger charge is 2.39. The molecule has 0 radical (unpaired) electrons. The van der Waals surface area contributed by atoms with E-state index in [0.717, 1.165) is 0 Å². The lowest BCUT2D eigenvalue weighted by Gasteiger charge is -2.31. The molecular formula is C43H32N2. The van der Waals surface area contributed by atoms with Crippen molar-refractivity contribution < 1.29 is 0 Å². The van der Waals surface area contributed by atoms with Crippen LogP contribution in [0, 0.1) is 0 Å². The van der Waals surface area contributed by atoms with Crippen molar-refractivity contribution in [1.82, 2.24) is 5.32 Å². The van der Waals surface area contributed by atoms with Crippen molar-refractivity contribution in [2.75, 3.05) is 4.90 Å². The monoisotopic (exact) mass is 576 g/mol. The van der Waals surface area contributed by atoms with E-state index in [9.17, 15) is 0 Å². The third kappa shape index (κ3) is 4.29. The van der Waals surface area contributed by atoms with Crippen LogP contribution in [0.25, 0.3) is 54.6 Å². The average molecular weight is 577 g/mol. The van der Waals surface area contributed by atoms with Gasteiger partial charge in [0.2, 0.25) is 0 Å². The quantitative estimate of drug-likeness (QED) is 0.210. The van der Waals surface area contributed by atoms with E-state index in [1.54, 1.807) is 0 Å². The molecule has 2 aliphatic rings. The van der Waals surface area contributed by atoms with Gasteiger partial charge in [-0.1, -0.05) is 152 Å². The Morgan fingerprint density at radius 3 is 1.71 bits per heavy atom. The normalized spacial score (nSPS) is 19.0. The molecule has 7 aromatic rings. The van der Waals surface area contributed by atoms with E-state index in [4.69, 9.17) is 0 Å². The van der Waals surface area contributed by atoms with Crippen LogP contribution in [0.1, 0.15) is 11.7 Å². The van der Waals surface area contributed by atoms with Crippen molar-refractivity contribution in [2.24, 2.45) is 0 Å². The fourth-order valence-electron chi connectivity index (χ4n) is 7.56. The standard InChI is InChI=1S/C43H32N2/c1-2-13-31(14-3-1)43-44-39-20-10-11-21-40(39)45(43)34-26-24-30(25-27-34)41-35-16-6-8-18-37(35)42(38-19-9-7-17-36(38)41)33-23-22-29-12-4-5-15-32(29)28-33/h1-28,39-40,43-44H. The summed E-state index contributed by atoms with van der Waals surface area (Å²) in [6.07, 6.45) is 9.03. The molecule has 0 aromatic heterocycles. The highest BCUT2D eigenvalue weighted by Crippen LogP contribution is 2.45. The van der Waals surface area contributed by atoms with Crippen LogP contribution in [-0.4, -0.2) is 12.1 Å². The third-order valence-electron chi connectivity index (χ3n) is 9.59. The van der Waals surface area contributed by atoms with Crippen molar-refractivity contribution in [3.05, 3.63) is 175 Å². The number of hydrogen-bond donors (Lipinski definition) is 1. The van der Waals surface area contributed by atoms with Gasteiger partial charge >= 0.3 is 0 Å². The van der Waals surface area contributed by atoms with Gasteiger partial charge in [0.05, 0.1) is 12.1 Å². The first-order valence-corrected chi connectivity index (χ1v) is 15.8. The van der Waals surface area contributed by atoms with Crippen molar-refractivity contribution >= 4 is 38.0 Å². The van der Waals surface area contributed by atoms with E-state index in [2.05, 4.69) is 180 Å². The third-order valence-corrected chi connectivity index (χ3v) is 9.59. The topological polar surface area (TPSA) is 15.3 Å². The van der Waals surface area contributed by atoms with Crippen molar-refractivity contribution in [3.63, 3.8) is 0 Å². The van der Waals surface area contributed by atoms with Crippen molar-refractivity contribution in [3.8, 4) is 22.3 Å². The van der Waals surface area contributed by atoms with E-state index in [-0.39, 0.29) is 18.2 Å². The van der Waals surface area contributed by atoms with Crippen LogP contribution in [0.15, 0.2) is 170 Å². The molecule has 1 N–H and O–H groups in total. The van der Waals surface area contributed by atoms with Gasteiger partial charge in [-0.05, 0) is 78.3 Å². The molecule has 3 atom stereocenters. The fourth-order valence-corrected chi connectivity index (χ4v) is 7.56. The Kier molecular flexibility index (Phi) is 6.14. The second kappa shape index (κ2) is 10.6. The summed E-state index contributed by atoms with van der Waals surface area (Å²) in [7, 11) is 0. The number of anilines is 1. The first-order chi connectivity index (χ1) is 22.3. The molecule has 1 saturated heterocycles. The largest absolute Gasteiger partial charge is 0.343 e. The maximum absolute atomic E-state index is 3.87. The molecule has 1 fully saturated rings. The molecule has 214 valence electrons. The number of fused-ring (bicyclic) bond motifs is 4. The summed E-state index contributed by atoms with van der Waals surface area (Å²) in [6.45, 7) is 0. The summed E-state index contributed by atoms with van der Waals surface area (Å²) < 4.78 is 0. The Balaban J connectivity index is 1.20. The zero-order valence-corrected chi connectivity index (χ0v) is 24.8. The van der Waals surface area contributed by atoms with Crippen LogP contribution < -0.4 is 10.2 Å². The second-order valence-electron chi connectivity index (χ2n) is 12.1. The molecular weight excluding hydrogens is 544 g/mol. The molecule has 1 heterocycles. The number of allylic oxidation sites excluding steroid dienone is 2. The van der Waals surface area contributed by atoms with Crippen LogP contribution in [0.3, 0.4) is 0 Å². The summed E-state index contributed by atoms with van der Waals surface area (Å²) in [5.74, 6) is 0. The summed E-state index contributed by atoms with van der Waals surface area (Å²) >= 11 is 0. The lowest BCUT2D eigenvalue weighted by molar-refractivity contribution is 0.610. The van der Waals surface area contributed by atoms with E-state index in [1.807, 2.05) is 0 Å². The SMILES string of the molecule is C1=CC2NC(c3ccccc3)N(c3ccc(-c4c5ccccc5c(-c5ccc6ccccc6c5)c5ccccc45)cc3)C2C=C1. The molecule has 9 rings (SSSR count). The highest BCUT2D eigenvalue weighted by atomic mass is 15.4. The van der Waals surface area contributed by atoms with Gasteiger partial charge in [0.1, 0.15) is 6.17 Å². The van der Waals surface area contributed by atoms with E-state index < -0.39 is 0 Å². The Morgan fingerprint density at radius 1 is 0.467 bits per heavy atom. The average Bonchev–Trinajstić information content (AvgIpc) is 3.51. The van der Waals surface area contributed by atoms with Crippen LogP contribution in [0.5, 0.6) is 0 Å². The van der Waals surface area contributed by atoms with Gasteiger partial charge in [0.15, 0.2) is 0 Å². The molecule has 0 spiro atoms. The molecule has 3 unspecified atom stereocenters. The van der Waals surface area contributed by atoms with E-state index in [1.165, 1.54) is 65.8 Å². The Hall–Kier alpha value is -5.44. The first kappa shape index (κ1) is 26.0. The van der Waals surface area contributed by atoms with Crippen LogP contribution >= 0.6 is 0 Å². The highest BCUT2D eigenvalue weighted by molar-refractivity contribution is 6.21. The first-order valence-electron chi connectivity index (χ1n) is 15.8. The minimum absolute atomic E-state index is 0.0994. The Morgan fingerprint density at radius 2 is 1.02 bits per heavy atom. The molecule has 0 saturated carbocycles. The summed E-state index contributed by atoms with van der Waals surface area (Å²) in [6, 6.07) is 53.9. The maximum Gasteiger partial charge on any atom is 0.107 e. The molecule has 2 heteroatoms. The number of hydrogen-bond acceptors (Lipinski definition) is 2. The fraction of sp³-hybridized carbons (Fsp3) is 0.0698. The summed E-state index contributed by atoms with van der Waals surface area (Å²) in [5.41, 5.74) is 7.56. The molecule has 0 bridgehead atoms. The Bertz CT molecular complexity index is 2210. The maximum atomic E-state index is 3.87. The number of nitrogens with zero attached hydrogens (tertiary/aromatic N) is 1. The minimum Gasteiger partial charge on any atom is -0.343 e. The summed E-state index contributed by atoms with van der Waals surface area (Å²) in [5, 5.41) is 11.5. The lowest BCUT2D eigenvalue weighted by atomic mass is 9.85. The minimum atomic E-state index is 0.0994. The number of rotatable bonds is 4. The van der Waals surface area contributed by atoms with Gasteiger partial charge < -0.3 is 4.90 Å². The molecule has 0 amide bonds. The van der Waals surface area contributed by atoms with Gasteiger partial charge in [-0.2, -0.15) is 0 Å².